The van der Waals surface area contributed by atoms with Crippen molar-refractivity contribution in [3.8, 4) is 0 Å². The largest absolute Gasteiger partial charge is 0.469 e. The minimum atomic E-state index is -0.573. The Kier molecular flexibility index (Phi) is 8.86. The molecule has 0 radical (unpaired) electrons. The summed E-state index contributed by atoms with van der Waals surface area (Å²) in [4.78, 5) is 23.6. The Morgan fingerprint density at radius 3 is 2.11 bits per heavy atom. The number of nitrogens with one attached hydrogen (secondary N) is 1. The van der Waals surface area contributed by atoms with Gasteiger partial charge in [-0.25, -0.2) is 4.79 Å². The molecule has 2 rings (SSSR count). The van der Waals surface area contributed by atoms with Crippen LogP contribution < -0.4 is 5.32 Å². The highest BCUT2D eigenvalue weighted by Crippen LogP contribution is 2.06. The maximum absolute atomic E-state index is 12.0. The molecule has 0 spiro atoms. The van der Waals surface area contributed by atoms with E-state index in [9.17, 15) is 9.59 Å². The number of alkyl carbamates (subject to hydrolysis) is 1. The summed E-state index contributed by atoms with van der Waals surface area (Å²) in [7, 11) is 1.32. The van der Waals surface area contributed by atoms with Crippen LogP contribution in [0.1, 0.15) is 24.0 Å². The van der Waals surface area contributed by atoms with Crippen LogP contribution >= 0.6 is 0 Å². The first-order valence-corrected chi connectivity index (χ1v) is 8.83. The molecule has 0 fully saturated rings. The third kappa shape index (κ3) is 8.37. The number of amides is 1. The monoisotopic (exact) mass is 371 g/mol. The van der Waals surface area contributed by atoms with E-state index in [0.29, 0.717) is 19.6 Å². The van der Waals surface area contributed by atoms with Crippen LogP contribution in [-0.2, 0) is 32.2 Å². The standard InChI is InChI=1S/C21H25NO5/c1-25-20(23)14-19(12-13-26-15-17-8-4-2-5-9-17)22-21(24)27-16-18-10-6-3-7-11-18/h2-11,19H,12-16H2,1H3,(H,22,24)/t19-/m0/s1. The van der Waals surface area contributed by atoms with Crippen molar-refractivity contribution in [3.63, 3.8) is 0 Å². The van der Waals surface area contributed by atoms with E-state index in [1.807, 2.05) is 60.7 Å². The summed E-state index contributed by atoms with van der Waals surface area (Å²) >= 11 is 0. The number of rotatable bonds is 10. The molecule has 0 heterocycles. The lowest BCUT2D eigenvalue weighted by molar-refractivity contribution is -0.141. The van der Waals surface area contributed by atoms with Crippen molar-refractivity contribution in [1.82, 2.24) is 5.32 Å². The summed E-state index contributed by atoms with van der Waals surface area (Å²) in [6, 6.07) is 18.8. The fraction of sp³-hybridized carbons (Fsp3) is 0.333. The Morgan fingerprint density at radius 1 is 0.926 bits per heavy atom. The summed E-state index contributed by atoms with van der Waals surface area (Å²) in [5.74, 6) is -0.397. The quantitative estimate of drug-likeness (QED) is 0.511. The van der Waals surface area contributed by atoms with Gasteiger partial charge in [0.05, 0.1) is 20.1 Å². The molecule has 2 aromatic rings. The summed E-state index contributed by atoms with van der Waals surface area (Å²) in [5, 5.41) is 2.71. The van der Waals surface area contributed by atoms with Gasteiger partial charge in [-0.3, -0.25) is 4.79 Å². The van der Waals surface area contributed by atoms with Crippen LogP contribution in [0.25, 0.3) is 0 Å². The van der Waals surface area contributed by atoms with Gasteiger partial charge < -0.3 is 19.5 Å². The molecule has 27 heavy (non-hydrogen) atoms. The molecule has 1 N–H and O–H groups in total. The number of hydrogen-bond acceptors (Lipinski definition) is 5. The van der Waals surface area contributed by atoms with Crippen LogP contribution in [0.2, 0.25) is 0 Å². The second-order valence-electron chi connectivity index (χ2n) is 6.01. The molecule has 0 saturated heterocycles. The number of carbonyl (C=O) groups is 2. The number of carbonyl (C=O) groups excluding carboxylic acids is 2. The van der Waals surface area contributed by atoms with E-state index in [1.165, 1.54) is 7.11 Å². The molecule has 1 amide bonds. The van der Waals surface area contributed by atoms with E-state index in [4.69, 9.17) is 14.2 Å². The van der Waals surface area contributed by atoms with Gasteiger partial charge in [-0.1, -0.05) is 60.7 Å². The van der Waals surface area contributed by atoms with E-state index in [1.54, 1.807) is 0 Å². The lowest BCUT2D eigenvalue weighted by Crippen LogP contribution is -2.38. The Labute approximate surface area is 159 Å². The van der Waals surface area contributed by atoms with E-state index >= 15 is 0 Å². The zero-order chi connectivity index (χ0) is 19.3. The molecule has 0 bridgehead atoms. The average molecular weight is 371 g/mol. The molecule has 0 aromatic heterocycles. The Balaban J connectivity index is 1.76. The van der Waals surface area contributed by atoms with E-state index < -0.39 is 18.1 Å². The van der Waals surface area contributed by atoms with Gasteiger partial charge in [0.25, 0.3) is 0 Å². The SMILES string of the molecule is COC(=O)C[C@H](CCOCc1ccccc1)NC(=O)OCc1ccccc1. The number of methoxy groups -OCH3 is 1. The molecular weight excluding hydrogens is 346 g/mol. The average Bonchev–Trinajstić information content (AvgIpc) is 2.71. The van der Waals surface area contributed by atoms with Crippen molar-refractivity contribution in [2.24, 2.45) is 0 Å². The lowest BCUT2D eigenvalue weighted by Gasteiger charge is -2.17. The van der Waals surface area contributed by atoms with Crippen LogP contribution in [0.3, 0.4) is 0 Å². The number of esters is 1. The topological polar surface area (TPSA) is 73.9 Å². The lowest BCUT2D eigenvalue weighted by atomic mass is 10.1. The van der Waals surface area contributed by atoms with Crippen LogP contribution in [0.15, 0.2) is 60.7 Å². The van der Waals surface area contributed by atoms with Gasteiger partial charge in [0.2, 0.25) is 0 Å². The summed E-state index contributed by atoms with van der Waals surface area (Å²) in [6.07, 6.45) is -0.0376. The second kappa shape index (κ2) is 11.7. The van der Waals surface area contributed by atoms with Crippen molar-refractivity contribution < 1.29 is 23.8 Å². The molecule has 0 aliphatic rings. The molecule has 1 atom stereocenters. The summed E-state index contributed by atoms with van der Waals surface area (Å²) in [6.45, 7) is 1.04. The van der Waals surface area contributed by atoms with Crippen LogP contribution in [-0.4, -0.2) is 31.8 Å². The third-order valence-electron chi connectivity index (χ3n) is 3.90. The summed E-state index contributed by atoms with van der Waals surface area (Å²) < 4.78 is 15.5. The third-order valence-corrected chi connectivity index (χ3v) is 3.90. The van der Waals surface area contributed by atoms with E-state index in [2.05, 4.69) is 5.32 Å². The number of benzene rings is 2. The Morgan fingerprint density at radius 2 is 1.52 bits per heavy atom. The van der Waals surface area contributed by atoms with Gasteiger partial charge in [-0.05, 0) is 17.5 Å². The van der Waals surface area contributed by atoms with Crippen LogP contribution in [0.4, 0.5) is 4.79 Å². The van der Waals surface area contributed by atoms with Crippen molar-refractivity contribution in [2.45, 2.75) is 32.1 Å². The normalized spacial score (nSPS) is 11.4. The highest BCUT2D eigenvalue weighted by Gasteiger charge is 2.17. The molecule has 6 heteroatoms. The molecule has 0 aliphatic heterocycles. The van der Waals surface area contributed by atoms with E-state index in [0.717, 1.165) is 11.1 Å². The maximum Gasteiger partial charge on any atom is 0.407 e. The smallest absolute Gasteiger partial charge is 0.407 e. The predicted molar refractivity (Wildman–Crippen MR) is 101 cm³/mol. The molecule has 0 saturated carbocycles. The summed E-state index contributed by atoms with van der Waals surface area (Å²) in [5.41, 5.74) is 1.96. The van der Waals surface area contributed by atoms with Gasteiger partial charge in [0, 0.05) is 12.6 Å². The minimum absolute atomic E-state index is 0.0611. The molecule has 0 unspecified atom stereocenters. The first kappa shape index (κ1) is 20.5. The predicted octanol–water partition coefficient (Wildman–Crippen LogP) is 3.45. The van der Waals surface area contributed by atoms with Crippen LogP contribution in [0.5, 0.6) is 0 Å². The zero-order valence-corrected chi connectivity index (χ0v) is 15.4. The number of hydrogen-bond donors (Lipinski definition) is 1. The van der Waals surface area contributed by atoms with Gasteiger partial charge in [0.15, 0.2) is 0 Å². The Bertz CT molecular complexity index is 690. The van der Waals surface area contributed by atoms with Gasteiger partial charge >= 0.3 is 12.1 Å². The highest BCUT2D eigenvalue weighted by molar-refractivity contribution is 5.72. The maximum atomic E-state index is 12.0. The van der Waals surface area contributed by atoms with Gasteiger partial charge in [-0.15, -0.1) is 0 Å². The molecule has 6 nitrogen and oxygen atoms in total. The molecular formula is C21H25NO5. The zero-order valence-electron chi connectivity index (χ0n) is 15.4. The van der Waals surface area contributed by atoms with Gasteiger partial charge in [-0.2, -0.15) is 0 Å². The fourth-order valence-corrected chi connectivity index (χ4v) is 2.43. The van der Waals surface area contributed by atoms with Crippen LogP contribution in [0, 0.1) is 0 Å². The van der Waals surface area contributed by atoms with Crippen molar-refractivity contribution >= 4 is 12.1 Å². The molecule has 0 aliphatic carbocycles. The first-order valence-electron chi connectivity index (χ1n) is 8.83. The van der Waals surface area contributed by atoms with Gasteiger partial charge in [0.1, 0.15) is 6.61 Å². The highest BCUT2D eigenvalue weighted by atomic mass is 16.5. The van der Waals surface area contributed by atoms with E-state index in [-0.39, 0.29) is 13.0 Å². The first-order chi connectivity index (χ1) is 13.2. The van der Waals surface area contributed by atoms with Crippen molar-refractivity contribution in [1.29, 1.82) is 0 Å². The second-order valence-corrected chi connectivity index (χ2v) is 6.01. The Hall–Kier alpha value is -2.86. The fourth-order valence-electron chi connectivity index (χ4n) is 2.43. The minimum Gasteiger partial charge on any atom is -0.469 e. The number of ether oxygens (including phenoxy) is 3. The molecule has 144 valence electrons. The molecule has 2 aromatic carbocycles. The van der Waals surface area contributed by atoms with Crippen molar-refractivity contribution in [2.75, 3.05) is 13.7 Å². The van der Waals surface area contributed by atoms with Crippen molar-refractivity contribution in [3.05, 3.63) is 71.8 Å².